The summed E-state index contributed by atoms with van der Waals surface area (Å²) in [6, 6.07) is 8.61. The first-order valence-electron chi connectivity index (χ1n) is 4.96. The predicted octanol–water partition coefficient (Wildman–Crippen LogP) is 3.00. The third kappa shape index (κ3) is 1.04. The van der Waals surface area contributed by atoms with Crippen LogP contribution in [-0.4, -0.2) is 0 Å². The molecule has 2 aromatic rings. The van der Waals surface area contributed by atoms with E-state index in [1.165, 1.54) is 27.2 Å². The highest BCUT2D eigenvalue weighted by molar-refractivity contribution is 7.19. The fourth-order valence-corrected chi connectivity index (χ4v) is 3.26. The first-order valence-corrected chi connectivity index (χ1v) is 5.77. The standard InChI is InChI=1S/C12H12NS/c1-9-5-4-8-13-10-6-2-3-7-11(10)14-12(9)13/h2-3,6-7H,1,4-5,8H2/q+1. The summed E-state index contributed by atoms with van der Waals surface area (Å²) in [6.07, 6.45) is 2.39. The van der Waals surface area contributed by atoms with E-state index in [4.69, 9.17) is 0 Å². The number of allylic oxidation sites excluding steroid dienone is 1. The smallest absolute Gasteiger partial charge is 0.182 e. The second-order valence-corrected chi connectivity index (χ2v) is 4.76. The van der Waals surface area contributed by atoms with Crippen LogP contribution in [0.1, 0.15) is 17.8 Å². The molecule has 0 fully saturated rings. The first-order chi connectivity index (χ1) is 6.86. The van der Waals surface area contributed by atoms with Gasteiger partial charge in [0.25, 0.3) is 5.01 Å². The van der Waals surface area contributed by atoms with Crippen molar-refractivity contribution >= 4 is 27.1 Å². The topological polar surface area (TPSA) is 3.88 Å². The van der Waals surface area contributed by atoms with Gasteiger partial charge < -0.3 is 0 Å². The Kier molecular flexibility index (Phi) is 1.71. The van der Waals surface area contributed by atoms with E-state index in [2.05, 4.69) is 35.4 Å². The molecule has 0 radical (unpaired) electrons. The van der Waals surface area contributed by atoms with Crippen molar-refractivity contribution in [3.63, 3.8) is 0 Å². The normalized spacial score (nSPS) is 15.9. The Bertz CT molecular complexity index is 510. The Morgan fingerprint density at radius 2 is 2.14 bits per heavy atom. The number of benzene rings is 1. The van der Waals surface area contributed by atoms with Crippen molar-refractivity contribution in [3.8, 4) is 0 Å². The lowest BCUT2D eigenvalue weighted by Gasteiger charge is -2.06. The quantitative estimate of drug-likeness (QED) is 0.578. The maximum absolute atomic E-state index is 4.14. The number of hydrogen-bond acceptors (Lipinski definition) is 1. The number of aryl methyl sites for hydroxylation is 1. The van der Waals surface area contributed by atoms with Crippen LogP contribution in [-0.2, 0) is 6.54 Å². The molecule has 1 nitrogen and oxygen atoms in total. The van der Waals surface area contributed by atoms with Crippen molar-refractivity contribution in [3.05, 3.63) is 35.9 Å². The van der Waals surface area contributed by atoms with Crippen molar-refractivity contribution in [2.75, 3.05) is 0 Å². The molecule has 0 N–H and O–H groups in total. The van der Waals surface area contributed by atoms with Crippen LogP contribution in [0.4, 0.5) is 0 Å². The molecule has 70 valence electrons. The Hall–Kier alpha value is -1.15. The monoisotopic (exact) mass is 202 g/mol. The van der Waals surface area contributed by atoms with Gasteiger partial charge in [-0.25, -0.2) is 0 Å². The van der Waals surface area contributed by atoms with Gasteiger partial charge in [-0.05, 0) is 12.5 Å². The van der Waals surface area contributed by atoms with Gasteiger partial charge in [0.1, 0.15) is 4.70 Å². The van der Waals surface area contributed by atoms with E-state index in [9.17, 15) is 0 Å². The fourth-order valence-electron chi connectivity index (χ4n) is 2.08. The average Bonchev–Trinajstić information content (AvgIpc) is 2.59. The average molecular weight is 202 g/mol. The number of rotatable bonds is 0. The van der Waals surface area contributed by atoms with Crippen LogP contribution in [0.2, 0.25) is 0 Å². The number of nitrogens with zero attached hydrogens (tertiary/aromatic N) is 1. The minimum atomic E-state index is 1.15. The summed E-state index contributed by atoms with van der Waals surface area (Å²) >= 11 is 1.87. The molecule has 2 heteroatoms. The van der Waals surface area contributed by atoms with Crippen LogP contribution in [0, 0.1) is 0 Å². The zero-order valence-electron chi connectivity index (χ0n) is 7.99. The molecule has 1 aromatic carbocycles. The summed E-state index contributed by atoms with van der Waals surface area (Å²) in [4.78, 5) is 0. The van der Waals surface area contributed by atoms with E-state index in [1.807, 2.05) is 11.3 Å². The van der Waals surface area contributed by atoms with Crippen molar-refractivity contribution < 1.29 is 4.57 Å². The lowest BCUT2D eigenvalue weighted by atomic mass is 10.1. The molecule has 0 amide bonds. The van der Waals surface area contributed by atoms with Crippen molar-refractivity contribution in [2.45, 2.75) is 19.4 Å². The van der Waals surface area contributed by atoms with E-state index in [0.29, 0.717) is 0 Å². The first kappa shape index (κ1) is 8.18. The number of para-hydroxylation sites is 1. The molecule has 0 saturated carbocycles. The molecule has 0 spiro atoms. The van der Waals surface area contributed by atoms with Crippen LogP contribution < -0.4 is 4.57 Å². The number of aromatic nitrogens is 1. The molecule has 0 unspecified atom stereocenters. The Morgan fingerprint density at radius 3 is 3.07 bits per heavy atom. The minimum Gasteiger partial charge on any atom is -0.182 e. The molecule has 14 heavy (non-hydrogen) atoms. The maximum atomic E-state index is 4.14. The Morgan fingerprint density at radius 1 is 1.29 bits per heavy atom. The molecule has 2 heterocycles. The maximum Gasteiger partial charge on any atom is 0.265 e. The molecule has 1 aromatic heterocycles. The molecule has 0 aliphatic carbocycles. The minimum absolute atomic E-state index is 1.15. The van der Waals surface area contributed by atoms with Crippen LogP contribution in [0.5, 0.6) is 0 Å². The van der Waals surface area contributed by atoms with Gasteiger partial charge in [0.05, 0.1) is 0 Å². The molecule has 1 aliphatic rings. The van der Waals surface area contributed by atoms with E-state index in [-0.39, 0.29) is 0 Å². The van der Waals surface area contributed by atoms with Gasteiger partial charge in [0.2, 0.25) is 5.52 Å². The molecule has 0 saturated heterocycles. The second-order valence-electron chi connectivity index (χ2n) is 3.73. The SMILES string of the molecule is C=C1CCC[n+]2c1sc1ccccc12. The number of hydrogen-bond donors (Lipinski definition) is 0. The van der Waals surface area contributed by atoms with Crippen molar-refractivity contribution in [1.82, 2.24) is 0 Å². The predicted molar refractivity (Wildman–Crippen MR) is 60.3 cm³/mol. The highest BCUT2D eigenvalue weighted by atomic mass is 32.1. The van der Waals surface area contributed by atoms with Gasteiger partial charge in [-0.3, -0.25) is 0 Å². The summed E-state index contributed by atoms with van der Waals surface area (Å²) in [5.41, 5.74) is 2.67. The molecular formula is C12H12NS+. The molecule has 3 rings (SSSR count). The van der Waals surface area contributed by atoms with Crippen LogP contribution >= 0.6 is 11.3 Å². The molecule has 0 bridgehead atoms. The van der Waals surface area contributed by atoms with Gasteiger partial charge in [-0.15, -0.1) is 0 Å². The third-order valence-electron chi connectivity index (χ3n) is 2.77. The summed E-state index contributed by atoms with van der Waals surface area (Å²) in [5, 5.41) is 1.37. The summed E-state index contributed by atoms with van der Waals surface area (Å²) in [7, 11) is 0. The number of fused-ring (bicyclic) bond motifs is 3. The van der Waals surface area contributed by atoms with Gasteiger partial charge in [-0.1, -0.05) is 30.0 Å². The van der Waals surface area contributed by atoms with Crippen molar-refractivity contribution in [1.29, 1.82) is 0 Å². The Balaban J connectivity index is 2.38. The summed E-state index contributed by atoms with van der Waals surface area (Å²) < 4.78 is 3.79. The van der Waals surface area contributed by atoms with E-state index < -0.39 is 0 Å². The van der Waals surface area contributed by atoms with Gasteiger partial charge in [0.15, 0.2) is 6.54 Å². The van der Waals surface area contributed by atoms with Gasteiger partial charge in [0, 0.05) is 18.1 Å². The zero-order valence-corrected chi connectivity index (χ0v) is 8.81. The number of thiazole rings is 1. The largest absolute Gasteiger partial charge is 0.265 e. The lowest BCUT2D eigenvalue weighted by Crippen LogP contribution is -2.38. The van der Waals surface area contributed by atoms with Crippen LogP contribution in [0.15, 0.2) is 30.8 Å². The summed E-state index contributed by atoms with van der Waals surface area (Å²) in [6.45, 7) is 5.29. The fraction of sp³-hybridized carbons (Fsp3) is 0.250. The molecular weight excluding hydrogens is 190 g/mol. The van der Waals surface area contributed by atoms with Gasteiger partial charge >= 0.3 is 0 Å². The highest BCUT2D eigenvalue weighted by Gasteiger charge is 2.25. The zero-order chi connectivity index (χ0) is 9.54. The van der Waals surface area contributed by atoms with E-state index in [1.54, 1.807) is 0 Å². The highest BCUT2D eigenvalue weighted by Crippen LogP contribution is 2.29. The lowest BCUT2D eigenvalue weighted by molar-refractivity contribution is -0.672. The molecule has 1 aliphatic heterocycles. The van der Waals surface area contributed by atoms with Crippen molar-refractivity contribution in [2.24, 2.45) is 0 Å². The van der Waals surface area contributed by atoms with Gasteiger partial charge in [-0.2, -0.15) is 4.57 Å². The molecule has 0 atom stereocenters. The van der Waals surface area contributed by atoms with E-state index in [0.717, 1.165) is 13.0 Å². The van der Waals surface area contributed by atoms with Crippen LogP contribution in [0.3, 0.4) is 0 Å². The summed E-state index contributed by atoms with van der Waals surface area (Å²) in [5.74, 6) is 0. The van der Waals surface area contributed by atoms with E-state index >= 15 is 0 Å². The second kappa shape index (κ2) is 2.92. The third-order valence-corrected chi connectivity index (χ3v) is 4.04. The Labute approximate surface area is 87.3 Å². The van der Waals surface area contributed by atoms with Crippen LogP contribution in [0.25, 0.3) is 15.8 Å².